The second-order valence-electron chi connectivity index (χ2n) is 15.3. The first-order chi connectivity index (χ1) is 25.0. The Labute approximate surface area is 336 Å². The van der Waals surface area contributed by atoms with Crippen molar-refractivity contribution in [3.63, 3.8) is 0 Å². The van der Waals surface area contributed by atoms with Gasteiger partial charge in [-0.05, 0) is 78.7 Å². The molecule has 0 atom stereocenters. The Morgan fingerprint density at radius 2 is 1.19 bits per heavy atom. The molecule has 1 aromatic heterocycles. The maximum absolute atomic E-state index is 6.73. The number of ether oxygens (including phenoxy) is 3. The lowest BCUT2D eigenvalue weighted by Gasteiger charge is -2.18. The molecule has 4 aromatic carbocycles. The monoisotopic (exact) mass is 828 g/mol. The van der Waals surface area contributed by atoms with Crippen LogP contribution in [0.4, 0.5) is 0 Å². The van der Waals surface area contributed by atoms with Gasteiger partial charge >= 0.3 is 5.88 Å². The van der Waals surface area contributed by atoms with Crippen LogP contribution in [0, 0.1) is 6.92 Å². The highest BCUT2D eigenvalue weighted by Crippen LogP contribution is 2.35. The summed E-state index contributed by atoms with van der Waals surface area (Å²) in [6, 6.07) is 28.0. The standard InChI is InChI=1S/C47H61N2O3.HI/c1-11-38-28-39(52-30-37-19-13-12-14-20-37)27-36(10)47(38)51-26-16-15-25-50-44-29-48(45-40(32(2)3)21-17-22-41(45)33(4)5)31-49(44)46-42(34(6)7)23-18-24-43(46)35(8)9;/h12-14,17-24,27-29,31-35H,11,15-16,25-26,30H2,1-10H3;1H/q+1;/p-1. The quantitative estimate of drug-likeness (QED) is 0.0534. The first-order valence-corrected chi connectivity index (χ1v) is 19.5. The Morgan fingerprint density at radius 1 is 0.642 bits per heavy atom. The lowest BCUT2D eigenvalue weighted by atomic mass is 9.92. The number of aryl methyl sites for hydroxylation is 2. The molecule has 0 N–H and O–H groups in total. The summed E-state index contributed by atoms with van der Waals surface area (Å²) >= 11 is 0. The minimum absolute atomic E-state index is 0. The van der Waals surface area contributed by atoms with Gasteiger partial charge in [0.2, 0.25) is 0 Å². The molecule has 53 heavy (non-hydrogen) atoms. The van der Waals surface area contributed by atoms with E-state index in [0.717, 1.165) is 47.8 Å². The summed E-state index contributed by atoms with van der Waals surface area (Å²) in [6.07, 6.45) is 7.10. The number of rotatable bonds is 17. The van der Waals surface area contributed by atoms with Crippen molar-refractivity contribution in [1.29, 1.82) is 0 Å². The van der Waals surface area contributed by atoms with Crippen LogP contribution in [-0.2, 0) is 13.0 Å². The van der Waals surface area contributed by atoms with E-state index in [1.54, 1.807) is 0 Å². The van der Waals surface area contributed by atoms with Gasteiger partial charge in [-0.2, -0.15) is 9.13 Å². The van der Waals surface area contributed by atoms with Crippen molar-refractivity contribution in [2.24, 2.45) is 0 Å². The van der Waals surface area contributed by atoms with Gasteiger partial charge in [-0.15, -0.1) is 0 Å². The second kappa shape index (κ2) is 19.5. The van der Waals surface area contributed by atoms with Crippen molar-refractivity contribution in [2.75, 3.05) is 13.2 Å². The molecule has 284 valence electrons. The number of hydrogen-bond acceptors (Lipinski definition) is 3. The normalized spacial score (nSPS) is 11.4. The van der Waals surface area contributed by atoms with Crippen LogP contribution in [0.25, 0.3) is 11.4 Å². The number of hydrogen-bond donors (Lipinski definition) is 0. The van der Waals surface area contributed by atoms with E-state index in [-0.39, 0.29) is 24.0 Å². The number of benzene rings is 4. The largest absolute Gasteiger partial charge is 1.00 e. The molecule has 0 saturated heterocycles. The first kappa shape index (κ1) is 42.0. The van der Waals surface area contributed by atoms with Gasteiger partial charge in [0, 0.05) is 22.3 Å². The topological polar surface area (TPSA) is 36.5 Å². The number of unbranched alkanes of at least 4 members (excludes halogenated alkanes) is 1. The highest BCUT2D eigenvalue weighted by molar-refractivity contribution is 5.53. The van der Waals surface area contributed by atoms with E-state index in [2.05, 4.69) is 152 Å². The minimum Gasteiger partial charge on any atom is -1.00 e. The molecule has 0 radical (unpaired) electrons. The summed E-state index contributed by atoms with van der Waals surface area (Å²) < 4.78 is 23.9. The average Bonchev–Trinajstić information content (AvgIpc) is 3.55. The Balaban J connectivity index is 0.00000627. The molecule has 0 spiro atoms. The fourth-order valence-electron chi connectivity index (χ4n) is 7.05. The molecule has 5 rings (SSSR count). The van der Waals surface area contributed by atoms with E-state index in [1.807, 2.05) is 18.2 Å². The highest BCUT2D eigenvalue weighted by atomic mass is 127. The summed E-state index contributed by atoms with van der Waals surface area (Å²) in [5, 5.41) is 0. The van der Waals surface area contributed by atoms with E-state index < -0.39 is 0 Å². The minimum atomic E-state index is 0. The molecule has 0 aliphatic carbocycles. The maximum Gasteiger partial charge on any atom is 0.330 e. The van der Waals surface area contributed by atoms with Gasteiger partial charge in [-0.1, -0.05) is 129 Å². The average molecular weight is 829 g/mol. The van der Waals surface area contributed by atoms with Gasteiger partial charge in [0.15, 0.2) is 6.20 Å². The summed E-state index contributed by atoms with van der Waals surface area (Å²) in [6.45, 7) is 24.3. The zero-order valence-electron chi connectivity index (χ0n) is 33.7. The molecule has 0 bridgehead atoms. The fraction of sp³-hybridized carbons (Fsp3) is 0.426. The lowest BCUT2D eigenvalue weighted by molar-refractivity contribution is -0.596. The number of halogens is 1. The van der Waals surface area contributed by atoms with E-state index in [0.29, 0.717) is 43.5 Å². The smallest absolute Gasteiger partial charge is 0.330 e. The van der Waals surface area contributed by atoms with Crippen LogP contribution in [0.1, 0.15) is 138 Å². The van der Waals surface area contributed by atoms with Gasteiger partial charge < -0.3 is 38.2 Å². The molecular weight excluding hydrogens is 767 g/mol. The van der Waals surface area contributed by atoms with Crippen LogP contribution < -0.4 is 42.8 Å². The van der Waals surface area contributed by atoms with Crippen molar-refractivity contribution in [2.45, 2.75) is 119 Å². The van der Waals surface area contributed by atoms with E-state index in [9.17, 15) is 0 Å². The number of aromatic nitrogens is 2. The van der Waals surface area contributed by atoms with E-state index >= 15 is 0 Å². The molecule has 0 aliphatic rings. The summed E-state index contributed by atoms with van der Waals surface area (Å²) in [7, 11) is 0. The molecular formula is C47H61IN2O3. The molecule has 5 aromatic rings. The molecule has 0 saturated carbocycles. The van der Waals surface area contributed by atoms with E-state index in [1.165, 1.54) is 39.2 Å². The third-order valence-corrected chi connectivity index (χ3v) is 9.90. The molecule has 1 heterocycles. The van der Waals surface area contributed by atoms with Gasteiger partial charge in [0.25, 0.3) is 6.33 Å². The summed E-state index contributed by atoms with van der Waals surface area (Å²) in [5.41, 5.74) is 11.3. The second-order valence-corrected chi connectivity index (χ2v) is 15.3. The third-order valence-electron chi connectivity index (χ3n) is 9.90. The number of nitrogens with zero attached hydrogens (tertiary/aromatic N) is 2. The Hall–Kier alpha value is -3.78. The SMILES string of the molecule is CCc1cc(OCc2ccccc2)cc(C)c1OCCCCOc1c[n+](-c2c(C(C)C)cccc2C(C)C)cn1-c1c(C(C)C)cccc1C(C)C.[I-]. The van der Waals surface area contributed by atoms with Crippen molar-refractivity contribution in [1.82, 2.24) is 4.57 Å². The molecule has 0 fully saturated rings. The zero-order valence-corrected chi connectivity index (χ0v) is 35.9. The lowest BCUT2D eigenvalue weighted by Crippen LogP contribution is -3.00. The molecule has 0 unspecified atom stereocenters. The van der Waals surface area contributed by atoms with Crippen LogP contribution in [-0.4, -0.2) is 17.8 Å². The predicted molar refractivity (Wildman–Crippen MR) is 215 cm³/mol. The molecule has 0 aliphatic heterocycles. The van der Waals surface area contributed by atoms with Crippen molar-refractivity contribution < 1.29 is 42.8 Å². The molecule has 5 nitrogen and oxygen atoms in total. The van der Waals surface area contributed by atoms with E-state index in [4.69, 9.17) is 14.2 Å². The van der Waals surface area contributed by atoms with Gasteiger partial charge in [0.1, 0.15) is 29.5 Å². The highest BCUT2D eigenvalue weighted by Gasteiger charge is 2.28. The number of imidazole rings is 1. The van der Waals surface area contributed by atoms with Gasteiger partial charge in [-0.3, -0.25) is 0 Å². The van der Waals surface area contributed by atoms with Gasteiger partial charge in [-0.25, -0.2) is 0 Å². The summed E-state index contributed by atoms with van der Waals surface area (Å²) in [4.78, 5) is 0. The van der Waals surface area contributed by atoms with Crippen LogP contribution in [0.15, 0.2) is 91.4 Å². The third kappa shape index (κ3) is 10.3. The van der Waals surface area contributed by atoms with Crippen LogP contribution in [0.5, 0.6) is 17.4 Å². The summed E-state index contributed by atoms with van der Waals surface area (Å²) in [5.74, 6) is 4.22. The van der Waals surface area contributed by atoms with Gasteiger partial charge in [0.05, 0.1) is 13.2 Å². The van der Waals surface area contributed by atoms with Crippen molar-refractivity contribution in [3.8, 4) is 28.8 Å². The Bertz CT molecular complexity index is 1860. The molecule has 0 amide bonds. The Morgan fingerprint density at radius 3 is 1.74 bits per heavy atom. The maximum atomic E-state index is 6.73. The molecule has 6 heteroatoms. The van der Waals surface area contributed by atoms with Crippen molar-refractivity contribution >= 4 is 0 Å². The predicted octanol–water partition coefficient (Wildman–Crippen LogP) is 8.94. The first-order valence-electron chi connectivity index (χ1n) is 19.5. The Kier molecular flexibility index (Phi) is 15.5. The zero-order chi connectivity index (χ0) is 37.4. The fourth-order valence-corrected chi connectivity index (χ4v) is 7.05. The van der Waals surface area contributed by atoms with Crippen LogP contribution in [0.3, 0.4) is 0 Å². The van der Waals surface area contributed by atoms with Crippen LogP contribution >= 0.6 is 0 Å². The van der Waals surface area contributed by atoms with Crippen LogP contribution in [0.2, 0.25) is 0 Å². The number of para-hydroxylation sites is 2. The van der Waals surface area contributed by atoms with Crippen molar-refractivity contribution in [3.05, 3.63) is 130 Å².